The number of unbranched alkanes of at least 4 members (excludes halogenated alkanes) is 1. The summed E-state index contributed by atoms with van der Waals surface area (Å²) in [6.07, 6.45) is -0.472. The zero-order valence-electron chi connectivity index (χ0n) is 12.3. The molecule has 0 spiro atoms. The van der Waals surface area contributed by atoms with E-state index < -0.39 is 17.7 Å². The average molecular weight is 323 g/mol. The average Bonchev–Trinajstić information content (AvgIpc) is 2.51. The van der Waals surface area contributed by atoms with Crippen molar-refractivity contribution >= 4 is 5.97 Å². The smallest absolute Gasteiger partial charge is 0.416 e. The van der Waals surface area contributed by atoms with E-state index in [1.807, 2.05) is 0 Å². The van der Waals surface area contributed by atoms with Gasteiger partial charge >= 0.3 is 12.1 Å². The molecular weight excluding hydrogens is 307 g/mol. The number of rotatable bonds is 6. The lowest BCUT2D eigenvalue weighted by Gasteiger charge is -2.09. The molecule has 122 valence electrons. The highest BCUT2D eigenvalue weighted by Gasteiger charge is 2.30. The molecule has 3 nitrogen and oxygen atoms in total. The van der Waals surface area contributed by atoms with E-state index in [4.69, 9.17) is 5.11 Å². The second kappa shape index (κ2) is 7.26. The predicted molar refractivity (Wildman–Crippen MR) is 79.3 cm³/mol. The van der Waals surface area contributed by atoms with Crippen LogP contribution >= 0.6 is 0 Å². The van der Waals surface area contributed by atoms with Gasteiger partial charge in [0.25, 0.3) is 0 Å². The molecule has 0 aliphatic carbocycles. The Morgan fingerprint density at radius 2 is 1.83 bits per heavy atom. The van der Waals surface area contributed by atoms with Crippen LogP contribution in [0.3, 0.4) is 0 Å². The summed E-state index contributed by atoms with van der Waals surface area (Å²) in [5.74, 6) is -1.02. The first-order valence-electron chi connectivity index (χ1n) is 7.21. The number of carbonyl (C=O) groups is 1. The molecular formula is C17H16F3NO2. The number of nitrogens with zero attached hydrogens (tertiary/aromatic N) is 1. The zero-order chi connectivity index (χ0) is 16.9. The summed E-state index contributed by atoms with van der Waals surface area (Å²) >= 11 is 0. The fourth-order valence-electron chi connectivity index (χ4n) is 2.36. The molecule has 0 saturated heterocycles. The van der Waals surface area contributed by atoms with Gasteiger partial charge in [0.1, 0.15) is 0 Å². The van der Waals surface area contributed by atoms with Crippen LogP contribution in [0.15, 0.2) is 42.6 Å². The summed E-state index contributed by atoms with van der Waals surface area (Å²) in [5.41, 5.74) is 0.655. The topological polar surface area (TPSA) is 50.2 Å². The second-order valence-electron chi connectivity index (χ2n) is 5.21. The summed E-state index contributed by atoms with van der Waals surface area (Å²) < 4.78 is 37.9. The molecule has 0 bridgehead atoms. The van der Waals surface area contributed by atoms with Crippen LogP contribution in [-0.2, 0) is 19.0 Å². The highest BCUT2D eigenvalue weighted by Crippen LogP contribution is 2.29. The molecule has 0 aliphatic rings. The Kier molecular flexibility index (Phi) is 5.36. The summed E-state index contributed by atoms with van der Waals surface area (Å²) in [7, 11) is 0. The highest BCUT2D eigenvalue weighted by molar-refractivity contribution is 5.88. The molecule has 0 aliphatic heterocycles. The minimum Gasteiger partial charge on any atom is -0.478 e. The molecule has 0 atom stereocenters. The molecule has 1 heterocycles. The molecule has 1 aromatic carbocycles. The Balaban J connectivity index is 1.90. The van der Waals surface area contributed by atoms with Crippen molar-refractivity contribution in [2.24, 2.45) is 0 Å². The first kappa shape index (κ1) is 17.0. The van der Waals surface area contributed by atoms with Crippen LogP contribution in [-0.4, -0.2) is 16.1 Å². The summed E-state index contributed by atoms with van der Waals surface area (Å²) in [6, 6.07) is 8.34. The maximum absolute atomic E-state index is 12.6. The molecule has 0 radical (unpaired) electrons. The lowest BCUT2D eigenvalue weighted by molar-refractivity contribution is -0.137. The number of aromatic carboxylic acids is 1. The monoisotopic (exact) mass is 323 g/mol. The van der Waals surface area contributed by atoms with Crippen LogP contribution in [0.4, 0.5) is 13.2 Å². The van der Waals surface area contributed by atoms with Crippen LogP contribution in [0.2, 0.25) is 0 Å². The van der Waals surface area contributed by atoms with Crippen molar-refractivity contribution in [3.8, 4) is 0 Å². The van der Waals surface area contributed by atoms with Gasteiger partial charge in [-0.1, -0.05) is 18.2 Å². The van der Waals surface area contributed by atoms with E-state index in [-0.39, 0.29) is 5.56 Å². The largest absolute Gasteiger partial charge is 0.478 e. The normalized spacial score (nSPS) is 11.4. The quantitative estimate of drug-likeness (QED) is 0.803. The number of hydrogen-bond acceptors (Lipinski definition) is 2. The minimum absolute atomic E-state index is 0.173. The Labute approximate surface area is 131 Å². The van der Waals surface area contributed by atoms with Gasteiger partial charge in [-0.05, 0) is 49.4 Å². The van der Waals surface area contributed by atoms with Gasteiger partial charge < -0.3 is 5.11 Å². The summed E-state index contributed by atoms with van der Waals surface area (Å²) in [5, 5.41) is 9.06. The van der Waals surface area contributed by atoms with Crippen molar-refractivity contribution in [3.63, 3.8) is 0 Å². The first-order chi connectivity index (χ1) is 10.9. The van der Waals surface area contributed by atoms with Crippen molar-refractivity contribution in [3.05, 3.63) is 65.0 Å². The van der Waals surface area contributed by atoms with Crippen molar-refractivity contribution in [1.29, 1.82) is 0 Å². The van der Waals surface area contributed by atoms with Crippen LogP contribution in [0, 0.1) is 0 Å². The van der Waals surface area contributed by atoms with Crippen LogP contribution in [0.5, 0.6) is 0 Å². The predicted octanol–water partition coefficient (Wildman–Crippen LogP) is 4.36. The van der Waals surface area contributed by atoms with Gasteiger partial charge in [-0.3, -0.25) is 4.98 Å². The van der Waals surface area contributed by atoms with Crippen LogP contribution in [0.1, 0.15) is 40.0 Å². The van der Waals surface area contributed by atoms with E-state index in [9.17, 15) is 18.0 Å². The van der Waals surface area contributed by atoms with E-state index in [0.717, 1.165) is 12.1 Å². The number of carboxylic acid groups (broad SMARTS) is 1. The third-order valence-electron chi connectivity index (χ3n) is 3.50. The van der Waals surface area contributed by atoms with Crippen molar-refractivity contribution in [1.82, 2.24) is 4.98 Å². The van der Waals surface area contributed by atoms with Gasteiger partial charge in [0.2, 0.25) is 0 Å². The summed E-state index contributed by atoms with van der Waals surface area (Å²) in [4.78, 5) is 15.1. The number of aromatic nitrogens is 1. The number of benzene rings is 1. The van der Waals surface area contributed by atoms with E-state index in [2.05, 4.69) is 4.98 Å². The highest BCUT2D eigenvalue weighted by atomic mass is 19.4. The van der Waals surface area contributed by atoms with Crippen molar-refractivity contribution < 1.29 is 23.1 Å². The Morgan fingerprint density at radius 1 is 1.09 bits per heavy atom. The Bertz CT molecular complexity index is 684. The van der Waals surface area contributed by atoms with E-state index in [1.54, 1.807) is 12.1 Å². The third-order valence-corrected chi connectivity index (χ3v) is 3.50. The Hall–Kier alpha value is -2.37. The standard InChI is InChI=1S/C17H16F3NO2/c18-17(19,20)13-7-3-6-12(11-13)5-1-2-9-15-14(16(22)23)8-4-10-21-15/h3-4,6-8,10-11H,1-2,5,9H2,(H,22,23). The summed E-state index contributed by atoms with van der Waals surface area (Å²) in [6.45, 7) is 0. The molecule has 2 aromatic rings. The van der Waals surface area contributed by atoms with Gasteiger partial charge in [-0.2, -0.15) is 13.2 Å². The number of aryl methyl sites for hydroxylation is 2. The molecule has 0 saturated carbocycles. The molecule has 0 unspecified atom stereocenters. The number of halogens is 3. The molecule has 2 rings (SSSR count). The molecule has 0 amide bonds. The molecule has 23 heavy (non-hydrogen) atoms. The minimum atomic E-state index is -4.33. The number of pyridine rings is 1. The van der Waals surface area contributed by atoms with Crippen molar-refractivity contribution in [2.45, 2.75) is 31.9 Å². The van der Waals surface area contributed by atoms with Gasteiger partial charge in [0.15, 0.2) is 0 Å². The number of carboxylic acids is 1. The van der Waals surface area contributed by atoms with Gasteiger partial charge in [0, 0.05) is 6.20 Å². The molecule has 6 heteroatoms. The first-order valence-corrected chi connectivity index (χ1v) is 7.21. The molecule has 1 N–H and O–H groups in total. The maximum Gasteiger partial charge on any atom is 0.416 e. The zero-order valence-corrected chi connectivity index (χ0v) is 12.3. The second-order valence-corrected chi connectivity index (χ2v) is 5.21. The Morgan fingerprint density at radius 3 is 2.52 bits per heavy atom. The maximum atomic E-state index is 12.6. The van der Waals surface area contributed by atoms with Gasteiger partial charge in [-0.25, -0.2) is 4.79 Å². The molecule has 0 fully saturated rings. The van der Waals surface area contributed by atoms with E-state index in [1.165, 1.54) is 18.3 Å². The van der Waals surface area contributed by atoms with E-state index in [0.29, 0.717) is 36.9 Å². The van der Waals surface area contributed by atoms with Crippen LogP contribution in [0.25, 0.3) is 0 Å². The van der Waals surface area contributed by atoms with Gasteiger partial charge in [0.05, 0.1) is 16.8 Å². The fraction of sp³-hybridized carbons (Fsp3) is 0.294. The third kappa shape index (κ3) is 4.81. The lowest BCUT2D eigenvalue weighted by atomic mass is 10.0. The fourth-order valence-corrected chi connectivity index (χ4v) is 2.36. The van der Waals surface area contributed by atoms with Crippen molar-refractivity contribution in [2.75, 3.05) is 0 Å². The lowest BCUT2D eigenvalue weighted by Crippen LogP contribution is -2.06. The van der Waals surface area contributed by atoms with Gasteiger partial charge in [-0.15, -0.1) is 0 Å². The SMILES string of the molecule is O=C(O)c1cccnc1CCCCc1cccc(C(F)(F)F)c1. The molecule has 1 aromatic heterocycles. The number of hydrogen-bond donors (Lipinski definition) is 1. The van der Waals surface area contributed by atoms with Crippen LogP contribution < -0.4 is 0 Å². The number of alkyl halides is 3. The van der Waals surface area contributed by atoms with E-state index >= 15 is 0 Å².